The van der Waals surface area contributed by atoms with Gasteiger partial charge in [0.1, 0.15) is 0 Å². The summed E-state index contributed by atoms with van der Waals surface area (Å²) in [4.78, 5) is 16.0. The van der Waals surface area contributed by atoms with Gasteiger partial charge in [0.25, 0.3) is 0 Å². The zero-order valence-corrected chi connectivity index (χ0v) is 14.8. The Bertz CT molecular complexity index is 685. The summed E-state index contributed by atoms with van der Waals surface area (Å²) in [5, 5.41) is 0. The van der Waals surface area contributed by atoms with Gasteiger partial charge in [-0.3, -0.25) is 4.79 Å². The molecule has 0 atom stereocenters. The first-order valence-electron chi connectivity index (χ1n) is 7.86. The number of carbonyl (C=O) groups is 1. The molecule has 124 valence electrons. The molecule has 3 heteroatoms. The topological polar surface area (TPSA) is 23.6 Å². The summed E-state index contributed by atoms with van der Waals surface area (Å²) < 4.78 is 0. The Labute approximate surface area is 144 Å². The van der Waals surface area contributed by atoms with E-state index in [9.17, 15) is 4.79 Å². The van der Waals surface area contributed by atoms with Crippen molar-refractivity contribution in [3.8, 4) is 0 Å². The molecule has 0 spiro atoms. The number of anilines is 2. The SMILES string of the molecule is C=CC(=O)C=C(c1ccc(N(C)C)cc1)c1ccc(N(C)C)cc1. The molecular weight excluding hydrogens is 296 g/mol. The molecule has 0 aliphatic carbocycles. The summed E-state index contributed by atoms with van der Waals surface area (Å²) in [5.74, 6) is -0.0987. The van der Waals surface area contributed by atoms with Crippen LogP contribution < -0.4 is 9.80 Å². The fraction of sp³-hybridized carbons (Fsp3) is 0.190. The predicted molar refractivity (Wildman–Crippen MR) is 104 cm³/mol. The van der Waals surface area contributed by atoms with Gasteiger partial charge < -0.3 is 9.80 Å². The second-order valence-electron chi connectivity index (χ2n) is 6.05. The first-order chi connectivity index (χ1) is 11.4. The molecule has 0 aromatic heterocycles. The van der Waals surface area contributed by atoms with Gasteiger partial charge in [-0.2, -0.15) is 0 Å². The number of nitrogens with zero attached hydrogens (tertiary/aromatic N) is 2. The second-order valence-corrected chi connectivity index (χ2v) is 6.05. The van der Waals surface area contributed by atoms with Gasteiger partial charge in [0.05, 0.1) is 0 Å². The Hall–Kier alpha value is -2.81. The number of ketones is 1. The third-order valence-corrected chi connectivity index (χ3v) is 3.88. The van der Waals surface area contributed by atoms with E-state index in [0.717, 1.165) is 28.1 Å². The molecule has 0 aliphatic rings. The smallest absolute Gasteiger partial charge is 0.178 e. The molecule has 0 saturated heterocycles. The summed E-state index contributed by atoms with van der Waals surface area (Å²) in [7, 11) is 8.03. The summed E-state index contributed by atoms with van der Waals surface area (Å²) in [6.07, 6.45) is 2.98. The molecule has 3 nitrogen and oxygen atoms in total. The number of benzene rings is 2. The monoisotopic (exact) mass is 320 g/mol. The highest BCUT2D eigenvalue weighted by Crippen LogP contribution is 2.27. The fourth-order valence-electron chi connectivity index (χ4n) is 2.41. The summed E-state index contributed by atoms with van der Waals surface area (Å²) in [6, 6.07) is 16.4. The summed E-state index contributed by atoms with van der Waals surface area (Å²) in [5.41, 5.74) is 5.16. The standard InChI is InChI=1S/C21H24N2O/c1-6-20(24)15-21(16-7-11-18(12-8-16)22(2)3)17-9-13-19(14-10-17)23(4)5/h6-15H,1H2,2-5H3. The van der Waals surface area contributed by atoms with Gasteiger partial charge in [-0.1, -0.05) is 30.8 Å². The maximum absolute atomic E-state index is 11.9. The molecule has 0 unspecified atom stereocenters. The maximum Gasteiger partial charge on any atom is 0.178 e. The van der Waals surface area contributed by atoms with E-state index in [0.29, 0.717) is 0 Å². The van der Waals surface area contributed by atoms with Gasteiger partial charge in [-0.05, 0) is 53.1 Å². The van der Waals surface area contributed by atoms with Crippen molar-refractivity contribution in [2.75, 3.05) is 38.0 Å². The van der Waals surface area contributed by atoms with Crippen molar-refractivity contribution in [2.45, 2.75) is 0 Å². The van der Waals surface area contributed by atoms with E-state index in [1.54, 1.807) is 6.08 Å². The predicted octanol–water partition coefficient (Wildman–Crippen LogP) is 4.01. The minimum absolute atomic E-state index is 0.0987. The Morgan fingerprint density at radius 1 is 0.792 bits per heavy atom. The van der Waals surface area contributed by atoms with Crippen molar-refractivity contribution in [1.29, 1.82) is 0 Å². The van der Waals surface area contributed by atoms with E-state index in [1.165, 1.54) is 6.08 Å². The number of rotatable bonds is 6. The molecule has 0 N–H and O–H groups in total. The van der Waals surface area contributed by atoms with Gasteiger partial charge >= 0.3 is 0 Å². The Morgan fingerprint density at radius 3 is 1.46 bits per heavy atom. The average Bonchev–Trinajstić information content (AvgIpc) is 2.59. The molecule has 0 bridgehead atoms. The van der Waals surface area contributed by atoms with Crippen molar-refractivity contribution in [3.63, 3.8) is 0 Å². The lowest BCUT2D eigenvalue weighted by atomic mass is 9.96. The number of allylic oxidation sites excluding steroid dienone is 2. The third-order valence-electron chi connectivity index (χ3n) is 3.88. The molecule has 0 heterocycles. The van der Waals surface area contributed by atoms with Crippen molar-refractivity contribution in [3.05, 3.63) is 78.4 Å². The van der Waals surface area contributed by atoms with Gasteiger partial charge in [0, 0.05) is 39.6 Å². The van der Waals surface area contributed by atoms with Crippen LogP contribution in [0.5, 0.6) is 0 Å². The fourth-order valence-corrected chi connectivity index (χ4v) is 2.41. The first kappa shape index (κ1) is 17.5. The zero-order chi connectivity index (χ0) is 17.7. The Morgan fingerprint density at radius 2 is 1.17 bits per heavy atom. The van der Waals surface area contributed by atoms with Crippen LogP contribution in [0.15, 0.2) is 67.3 Å². The van der Waals surface area contributed by atoms with Crippen LogP contribution in [0.2, 0.25) is 0 Å². The van der Waals surface area contributed by atoms with Crippen LogP contribution in [-0.2, 0) is 4.79 Å². The van der Waals surface area contributed by atoms with Crippen molar-refractivity contribution < 1.29 is 4.79 Å². The molecule has 2 aromatic rings. The van der Waals surface area contributed by atoms with E-state index in [4.69, 9.17) is 0 Å². The largest absolute Gasteiger partial charge is 0.378 e. The lowest BCUT2D eigenvalue weighted by molar-refractivity contribution is -0.110. The quantitative estimate of drug-likeness (QED) is 0.752. The number of carbonyl (C=O) groups excluding carboxylic acids is 1. The molecule has 2 rings (SSSR count). The lowest BCUT2D eigenvalue weighted by Gasteiger charge is -2.16. The van der Waals surface area contributed by atoms with E-state index in [2.05, 4.69) is 30.8 Å². The van der Waals surface area contributed by atoms with E-state index in [1.807, 2.05) is 62.3 Å². The molecule has 0 saturated carbocycles. The average molecular weight is 320 g/mol. The van der Waals surface area contributed by atoms with Crippen molar-refractivity contribution in [2.24, 2.45) is 0 Å². The highest BCUT2D eigenvalue weighted by Gasteiger charge is 2.08. The Kier molecular flexibility index (Phi) is 5.59. The van der Waals surface area contributed by atoms with Gasteiger partial charge in [0.15, 0.2) is 5.78 Å². The normalized spacial score (nSPS) is 10.0. The van der Waals surface area contributed by atoms with Crippen LogP contribution in [0.1, 0.15) is 11.1 Å². The highest BCUT2D eigenvalue weighted by molar-refractivity contribution is 6.06. The van der Waals surface area contributed by atoms with Crippen molar-refractivity contribution in [1.82, 2.24) is 0 Å². The number of hydrogen-bond acceptors (Lipinski definition) is 3. The van der Waals surface area contributed by atoms with Crippen LogP contribution in [0, 0.1) is 0 Å². The van der Waals surface area contributed by atoms with Gasteiger partial charge in [0.2, 0.25) is 0 Å². The maximum atomic E-state index is 11.9. The van der Waals surface area contributed by atoms with Crippen LogP contribution in [0.4, 0.5) is 11.4 Å². The minimum Gasteiger partial charge on any atom is -0.378 e. The molecule has 24 heavy (non-hydrogen) atoms. The molecule has 0 aliphatic heterocycles. The first-order valence-corrected chi connectivity index (χ1v) is 7.86. The molecule has 0 amide bonds. The van der Waals surface area contributed by atoms with Crippen LogP contribution in [0.25, 0.3) is 5.57 Å². The minimum atomic E-state index is -0.0987. The zero-order valence-electron chi connectivity index (χ0n) is 14.8. The van der Waals surface area contributed by atoms with E-state index < -0.39 is 0 Å². The lowest BCUT2D eigenvalue weighted by Crippen LogP contribution is -2.08. The third kappa shape index (κ3) is 4.13. The van der Waals surface area contributed by atoms with Crippen molar-refractivity contribution >= 4 is 22.7 Å². The molecule has 2 aromatic carbocycles. The van der Waals surface area contributed by atoms with Crippen LogP contribution in [-0.4, -0.2) is 34.0 Å². The van der Waals surface area contributed by atoms with Crippen LogP contribution >= 0.6 is 0 Å². The molecule has 0 fully saturated rings. The van der Waals surface area contributed by atoms with Gasteiger partial charge in [-0.15, -0.1) is 0 Å². The molecular formula is C21H24N2O. The Balaban J connectivity index is 2.47. The molecule has 0 radical (unpaired) electrons. The summed E-state index contributed by atoms with van der Waals surface area (Å²) in [6.45, 7) is 3.57. The van der Waals surface area contributed by atoms with Crippen LogP contribution in [0.3, 0.4) is 0 Å². The van der Waals surface area contributed by atoms with E-state index >= 15 is 0 Å². The number of hydrogen-bond donors (Lipinski definition) is 0. The van der Waals surface area contributed by atoms with E-state index in [-0.39, 0.29) is 5.78 Å². The highest BCUT2D eigenvalue weighted by atomic mass is 16.1. The second kappa shape index (κ2) is 7.64. The summed E-state index contributed by atoms with van der Waals surface area (Å²) >= 11 is 0. The van der Waals surface area contributed by atoms with Gasteiger partial charge in [-0.25, -0.2) is 0 Å².